The number of nitrogens with one attached hydrogen (secondary N) is 1. The Bertz CT molecular complexity index is 410. The van der Waals surface area contributed by atoms with Crippen molar-refractivity contribution < 1.29 is 19.5 Å². The molecule has 2 N–H and O–H groups in total. The van der Waals surface area contributed by atoms with Gasteiger partial charge in [0.15, 0.2) is 0 Å². The lowest BCUT2D eigenvalue weighted by atomic mass is 9.88. The highest BCUT2D eigenvalue weighted by molar-refractivity contribution is 6.04. The Kier molecular flexibility index (Phi) is 2.34. The van der Waals surface area contributed by atoms with Crippen molar-refractivity contribution in [1.29, 1.82) is 0 Å². The largest absolute Gasteiger partial charge is 0.386 e. The predicted octanol–water partition coefficient (Wildman–Crippen LogP) is -1.48. The van der Waals surface area contributed by atoms with Gasteiger partial charge in [0.2, 0.25) is 5.91 Å². The number of carbonyl (C=O) groups excluding carboxylic acids is 3. The van der Waals surface area contributed by atoms with Crippen molar-refractivity contribution >= 4 is 17.8 Å². The summed E-state index contributed by atoms with van der Waals surface area (Å²) in [5.41, 5.74) is -0.729. The number of imide groups is 1. The van der Waals surface area contributed by atoms with Crippen LogP contribution in [0.4, 0.5) is 4.79 Å². The molecule has 1 aliphatic carbocycles. The molecule has 0 bridgehead atoms. The molecule has 0 spiro atoms. The van der Waals surface area contributed by atoms with Gasteiger partial charge in [-0.1, -0.05) is 0 Å². The lowest BCUT2D eigenvalue weighted by Gasteiger charge is -2.47. The normalized spacial score (nSPS) is 26.1. The first-order valence-corrected chi connectivity index (χ1v) is 6.08. The molecule has 3 aliphatic rings. The molecule has 0 aromatic rings. The molecule has 2 saturated heterocycles. The van der Waals surface area contributed by atoms with E-state index in [0.29, 0.717) is 19.0 Å². The third-order valence-electron chi connectivity index (χ3n) is 3.85. The minimum Gasteiger partial charge on any atom is -0.386 e. The summed E-state index contributed by atoms with van der Waals surface area (Å²) in [7, 11) is 0. The number of β-amino-alcohol motifs (C(OH)–C–C–N with tert-alkyl or cyclic N) is 1. The van der Waals surface area contributed by atoms with Gasteiger partial charge in [-0.2, -0.15) is 0 Å². The fraction of sp³-hybridized carbons (Fsp3) is 0.727. The van der Waals surface area contributed by atoms with E-state index in [4.69, 9.17) is 0 Å². The summed E-state index contributed by atoms with van der Waals surface area (Å²) in [5, 5.41) is 12.4. The van der Waals surface area contributed by atoms with Crippen molar-refractivity contribution in [2.45, 2.75) is 18.4 Å². The standard InChI is InChI=1S/C11H15N3O4/c15-8-3-12-10(17)14(8)4-9(16)13-5-11(18,6-13)7-1-2-7/h7,18H,1-6H2,(H,12,17). The highest BCUT2D eigenvalue weighted by Gasteiger charge is 2.53. The summed E-state index contributed by atoms with van der Waals surface area (Å²) in [6, 6.07) is -0.522. The number of aliphatic hydroxyl groups is 1. The van der Waals surface area contributed by atoms with Crippen molar-refractivity contribution in [3.8, 4) is 0 Å². The van der Waals surface area contributed by atoms with Crippen LogP contribution in [-0.4, -0.2) is 64.5 Å². The van der Waals surface area contributed by atoms with Gasteiger partial charge in [0.1, 0.15) is 12.1 Å². The molecular weight excluding hydrogens is 238 g/mol. The van der Waals surface area contributed by atoms with E-state index in [2.05, 4.69) is 5.32 Å². The summed E-state index contributed by atoms with van der Waals surface area (Å²) in [4.78, 5) is 36.8. The highest BCUT2D eigenvalue weighted by atomic mass is 16.3. The third kappa shape index (κ3) is 1.74. The van der Waals surface area contributed by atoms with Crippen molar-refractivity contribution in [1.82, 2.24) is 15.1 Å². The summed E-state index contributed by atoms with van der Waals surface area (Å²) in [6.45, 7) is 0.365. The van der Waals surface area contributed by atoms with Crippen molar-refractivity contribution in [3.63, 3.8) is 0 Å². The molecule has 0 aromatic carbocycles. The van der Waals surface area contributed by atoms with Crippen molar-refractivity contribution in [2.24, 2.45) is 5.92 Å². The lowest BCUT2D eigenvalue weighted by molar-refractivity contribution is -0.160. The zero-order chi connectivity index (χ0) is 12.9. The van der Waals surface area contributed by atoms with E-state index >= 15 is 0 Å². The topological polar surface area (TPSA) is 90.0 Å². The van der Waals surface area contributed by atoms with Gasteiger partial charge in [0.25, 0.3) is 5.91 Å². The van der Waals surface area contributed by atoms with Crippen LogP contribution in [-0.2, 0) is 9.59 Å². The van der Waals surface area contributed by atoms with E-state index in [1.165, 1.54) is 4.90 Å². The molecule has 0 unspecified atom stereocenters. The Morgan fingerprint density at radius 1 is 1.39 bits per heavy atom. The summed E-state index contributed by atoms with van der Waals surface area (Å²) in [6.07, 6.45) is 2.04. The monoisotopic (exact) mass is 253 g/mol. The molecule has 7 heteroatoms. The van der Waals surface area contributed by atoms with E-state index in [9.17, 15) is 19.5 Å². The molecule has 0 aromatic heterocycles. The quantitative estimate of drug-likeness (QED) is 0.600. The smallest absolute Gasteiger partial charge is 0.325 e. The molecule has 2 heterocycles. The van der Waals surface area contributed by atoms with Gasteiger partial charge >= 0.3 is 6.03 Å². The second-order valence-corrected chi connectivity index (χ2v) is 5.27. The van der Waals surface area contributed by atoms with Gasteiger partial charge in [-0.15, -0.1) is 0 Å². The van der Waals surface area contributed by atoms with E-state index in [1.54, 1.807) is 0 Å². The van der Waals surface area contributed by atoms with Crippen molar-refractivity contribution in [2.75, 3.05) is 26.2 Å². The number of hydrogen-bond donors (Lipinski definition) is 2. The first kappa shape index (κ1) is 11.5. The third-order valence-corrected chi connectivity index (χ3v) is 3.85. The van der Waals surface area contributed by atoms with Gasteiger partial charge in [-0.25, -0.2) is 4.79 Å². The molecule has 18 heavy (non-hydrogen) atoms. The second-order valence-electron chi connectivity index (χ2n) is 5.27. The predicted molar refractivity (Wildman–Crippen MR) is 59.4 cm³/mol. The van der Waals surface area contributed by atoms with Crippen LogP contribution in [0.3, 0.4) is 0 Å². The molecule has 1 saturated carbocycles. The molecule has 0 radical (unpaired) electrons. The molecule has 2 aliphatic heterocycles. The SMILES string of the molecule is O=C(CN1C(=O)CNC1=O)N1CC(O)(C2CC2)C1. The first-order valence-electron chi connectivity index (χ1n) is 6.08. The zero-order valence-corrected chi connectivity index (χ0v) is 9.89. The van der Waals surface area contributed by atoms with E-state index in [-0.39, 0.29) is 24.9 Å². The zero-order valence-electron chi connectivity index (χ0n) is 9.89. The number of carbonyl (C=O) groups is 3. The Hall–Kier alpha value is -1.63. The molecule has 3 rings (SSSR count). The van der Waals surface area contributed by atoms with Crippen LogP contribution in [0.5, 0.6) is 0 Å². The van der Waals surface area contributed by atoms with Gasteiger partial charge < -0.3 is 15.3 Å². The van der Waals surface area contributed by atoms with Crippen LogP contribution in [0, 0.1) is 5.92 Å². The lowest BCUT2D eigenvalue weighted by Crippen LogP contribution is -2.66. The number of amides is 4. The summed E-state index contributed by atoms with van der Waals surface area (Å²) < 4.78 is 0. The molecule has 98 valence electrons. The fourth-order valence-electron chi connectivity index (χ4n) is 2.52. The van der Waals surface area contributed by atoms with Gasteiger partial charge in [0, 0.05) is 0 Å². The van der Waals surface area contributed by atoms with Gasteiger partial charge in [0.05, 0.1) is 19.6 Å². The molecule has 7 nitrogen and oxygen atoms in total. The maximum absolute atomic E-state index is 11.8. The molecule has 3 fully saturated rings. The Morgan fingerprint density at radius 3 is 2.56 bits per heavy atom. The number of urea groups is 1. The van der Waals surface area contributed by atoms with Gasteiger partial charge in [-0.05, 0) is 18.8 Å². The molecule has 0 atom stereocenters. The van der Waals surface area contributed by atoms with E-state index < -0.39 is 11.6 Å². The van der Waals surface area contributed by atoms with Crippen molar-refractivity contribution in [3.05, 3.63) is 0 Å². The first-order chi connectivity index (χ1) is 8.49. The van der Waals surface area contributed by atoms with Crippen LogP contribution in [0.25, 0.3) is 0 Å². The molecule has 4 amide bonds. The number of likely N-dealkylation sites (tertiary alicyclic amines) is 1. The average Bonchev–Trinajstić information content (AvgIpc) is 3.08. The van der Waals surface area contributed by atoms with Crippen LogP contribution in [0.1, 0.15) is 12.8 Å². The van der Waals surface area contributed by atoms with Crippen LogP contribution in [0.2, 0.25) is 0 Å². The number of nitrogens with zero attached hydrogens (tertiary/aromatic N) is 2. The number of hydrogen-bond acceptors (Lipinski definition) is 4. The van der Waals surface area contributed by atoms with E-state index in [0.717, 1.165) is 17.7 Å². The van der Waals surface area contributed by atoms with Gasteiger partial charge in [-0.3, -0.25) is 14.5 Å². The summed E-state index contributed by atoms with van der Waals surface area (Å²) >= 11 is 0. The highest BCUT2D eigenvalue weighted by Crippen LogP contribution is 2.44. The van der Waals surface area contributed by atoms with Crippen LogP contribution >= 0.6 is 0 Å². The Morgan fingerprint density at radius 2 is 2.06 bits per heavy atom. The Balaban J connectivity index is 1.54. The second kappa shape index (κ2) is 3.68. The average molecular weight is 253 g/mol. The van der Waals surface area contributed by atoms with Crippen LogP contribution < -0.4 is 5.32 Å². The Labute approximate surface area is 104 Å². The summed E-state index contributed by atoms with van der Waals surface area (Å²) in [5.74, 6) is -0.352. The minimum absolute atomic E-state index is 0.0435. The fourth-order valence-corrected chi connectivity index (χ4v) is 2.52. The maximum atomic E-state index is 11.8. The molecular formula is C11H15N3O4. The maximum Gasteiger partial charge on any atom is 0.325 e. The minimum atomic E-state index is -0.729. The van der Waals surface area contributed by atoms with Crippen LogP contribution in [0.15, 0.2) is 0 Å². The number of rotatable bonds is 3. The van der Waals surface area contributed by atoms with E-state index in [1.807, 2.05) is 0 Å².